The van der Waals surface area contributed by atoms with Gasteiger partial charge >= 0.3 is 0 Å². The SMILES string of the molecule is Cl.O=C(NC1CC2CCC(C1)N2)C1COc2ccccc2O1. The predicted octanol–water partition coefficient (Wildman–Crippen LogP) is 1.65. The van der Waals surface area contributed by atoms with Crippen LogP contribution in [0.5, 0.6) is 11.5 Å². The standard InChI is InChI=1S/C16H20N2O3.ClH/c19-16(18-12-7-10-5-6-11(8-12)17-10)15-9-20-13-3-1-2-4-14(13)21-15;/h1-4,10-12,15,17H,5-9H2,(H,18,19);1H. The Morgan fingerprint density at radius 1 is 1.14 bits per heavy atom. The molecule has 6 heteroatoms. The van der Waals surface area contributed by atoms with Crippen LogP contribution in [-0.4, -0.2) is 36.7 Å². The van der Waals surface area contributed by atoms with Gasteiger partial charge in [-0.1, -0.05) is 12.1 Å². The number of halogens is 1. The topological polar surface area (TPSA) is 59.6 Å². The first kappa shape index (κ1) is 15.4. The van der Waals surface area contributed by atoms with E-state index in [0.29, 0.717) is 23.6 Å². The number of nitrogens with one attached hydrogen (secondary N) is 2. The van der Waals surface area contributed by atoms with E-state index in [1.165, 1.54) is 12.8 Å². The van der Waals surface area contributed by atoms with E-state index in [1.54, 1.807) is 0 Å². The number of benzene rings is 1. The first-order chi connectivity index (χ1) is 10.3. The van der Waals surface area contributed by atoms with Crippen LogP contribution in [0.3, 0.4) is 0 Å². The smallest absolute Gasteiger partial charge is 0.264 e. The molecule has 3 atom stereocenters. The first-order valence-corrected chi connectivity index (χ1v) is 7.73. The van der Waals surface area contributed by atoms with Crippen LogP contribution in [-0.2, 0) is 4.79 Å². The maximum atomic E-state index is 12.4. The lowest BCUT2D eigenvalue weighted by Crippen LogP contribution is -2.52. The second-order valence-electron chi connectivity index (χ2n) is 6.18. The van der Waals surface area contributed by atoms with Crippen LogP contribution in [0.4, 0.5) is 0 Å². The fourth-order valence-corrected chi connectivity index (χ4v) is 3.62. The van der Waals surface area contributed by atoms with E-state index >= 15 is 0 Å². The minimum atomic E-state index is -0.549. The van der Waals surface area contributed by atoms with E-state index in [0.717, 1.165) is 12.8 Å². The second kappa shape index (κ2) is 6.34. The summed E-state index contributed by atoms with van der Waals surface area (Å²) in [5.74, 6) is 1.30. The van der Waals surface area contributed by atoms with Crippen LogP contribution in [0.15, 0.2) is 24.3 Å². The Morgan fingerprint density at radius 3 is 2.55 bits per heavy atom. The number of ether oxygens (including phenoxy) is 2. The Bertz CT molecular complexity index is 542. The molecule has 3 aliphatic heterocycles. The molecular formula is C16H21ClN2O3. The van der Waals surface area contributed by atoms with E-state index < -0.39 is 6.10 Å². The minimum absolute atomic E-state index is 0. The fraction of sp³-hybridized carbons (Fsp3) is 0.562. The van der Waals surface area contributed by atoms with Gasteiger partial charge in [0.05, 0.1) is 0 Å². The molecule has 1 aromatic rings. The van der Waals surface area contributed by atoms with Gasteiger partial charge in [0.15, 0.2) is 11.5 Å². The lowest BCUT2D eigenvalue weighted by Gasteiger charge is -2.32. The molecule has 0 saturated carbocycles. The van der Waals surface area contributed by atoms with Crippen molar-refractivity contribution >= 4 is 18.3 Å². The Labute approximate surface area is 136 Å². The molecule has 3 unspecified atom stereocenters. The van der Waals surface area contributed by atoms with Gasteiger partial charge in [-0.15, -0.1) is 12.4 Å². The third kappa shape index (κ3) is 3.01. The van der Waals surface area contributed by atoms with Crippen LogP contribution in [0, 0.1) is 0 Å². The van der Waals surface area contributed by atoms with E-state index in [-0.39, 0.29) is 31.0 Å². The summed E-state index contributed by atoms with van der Waals surface area (Å²) < 4.78 is 11.4. The summed E-state index contributed by atoms with van der Waals surface area (Å²) in [6.07, 6.45) is 3.95. The lowest BCUT2D eigenvalue weighted by molar-refractivity contribution is -0.131. The van der Waals surface area contributed by atoms with Crippen LogP contribution >= 0.6 is 12.4 Å². The van der Waals surface area contributed by atoms with Gasteiger partial charge in [-0.2, -0.15) is 0 Å². The quantitative estimate of drug-likeness (QED) is 0.868. The minimum Gasteiger partial charge on any atom is -0.485 e. The van der Waals surface area contributed by atoms with Crippen LogP contribution < -0.4 is 20.1 Å². The molecule has 22 heavy (non-hydrogen) atoms. The van der Waals surface area contributed by atoms with E-state index in [4.69, 9.17) is 9.47 Å². The first-order valence-electron chi connectivity index (χ1n) is 7.73. The van der Waals surface area contributed by atoms with Crippen molar-refractivity contribution in [3.63, 3.8) is 0 Å². The maximum absolute atomic E-state index is 12.4. The number of piperidine rings is 1. The number of fused-ring (bicyclic) bond motifs is 3. The highest BCUT2D eigenvalue weighted by Gasteiger charge is 2.36. The van der Waals surface area contributed by atoms with E-state index in [1.807, 2.05) is 24.3 Å². The molecule has 5 nitrogen and oxygen atoms in total. The maximum Gasteiger partial charge on any atom is 0.264 e. The predicted molar refractivity (Wildman–Crippen MR) is 84.7 cm³/mol. The number of rotatable bonds is 2. The summed E-state index contributed by atoms with van der Waals surface area (Å²) in [7, 11) is 0. The zero-order chi connectivity index (χ0) is 14.2. The zero-order valence-electron chi connectivity index (χ0n) is 12.3. The summed E-state index contributed by atoms with van der Waals surface area (Å²) in [5.41, 5.74) is 0. The number of hydrogen-bond donors (Lipinski definition) is 2. The number of carbonyl (C=O) groups excluding carboxylic acids is 1. The van der Waals surface area contributed by atoms with Crippen molar-refractivity contribution in [2.75, 3.05) is 6.61 Å². The van der Waals surface area contributed by atoms with Gasteiger partial charge in [-0.3, -0.25) is 4.79 Å². The largest absolute Gasteiger partial charge is 0.485 e. The van der Waals surface area contributed by atoms with Crippen molar-refractivity contribution < 1.29 is 14.3 Å². The van der Waals surface area contributed by atoms with Gasteiger partial charge in [0, 0.05) is 18.1 Å². The highest BCUT2D eigenvalue weighted by molar-refractivity contribution is 5.85. The molecule has 4 rings (SSSR count). The van der Waals surface area contributed by atoms with Gasteiger partial charge in [-0.05, 0) is 37.8 Å². The van der Waals surface area contributed by atoms with Crippen molar-refractivity contribution in [2.24, 2.45) is 0 Å². The average molecular weight is 325 g/mol. The average Bonchev–Trinajstić information content (AvgIpc) is 2.85. The fourth-order valence-electron chi connectivity index (χ4n) is 3.62. The number of para-hydroxylation sites is 2. The molecule has 3 heterocycles. The van der Waals surface area contributed by atoms with Crippen LogP contribution in [0.1, 0.15) is 25.7 Å². The third-order valence-electron chi connectivity index (χ3n) is 4.62. The molecule has 1 aromatic carbocycles. The molecule has 0 aromatic heterocycles. The van der Waals surface area contributed by atoms with Gasteiger partial charge in [0.2, 0.25) is 6.10 Å². The summed E-state index contributed by atoms with van der Waals surface area (Å²) in [5, 5.41) is 6.72. The van der Waals surface area contributed by atoms with Crippen molar-refractivity contribution in [3.05, 3.63) is 24.3 Å². The highest BCUT2D eigenvalue weighted by atomic mass is 35.5. The van der Waals surface area contributed by atoms with Gasteiger partial charge in [0.1, 0.15) is 6.61 Å². The van der Waals surface area contributed by atoms with Crippen molar-refractivity contribution in [3.8, 4) is 11.5 Å². The molecule has 0 spiro atoms. The van der Waals surface area contributed by atoms with Crippen LogP contribution in [0.2, 0.25) is 0 Å². The molecule has 120 valence electrons. The van der Waals surface area contributed by atoms with E-state index in [2.05, 4.69) is 10.6 Å². The molecule has 3 aliphatic rings. The number of carbonyl (C=O) groups is 1. The van der Waals surface area contributed by atoms with Crippen molar-refractivity contribution in [1.29, 1.82) is 0 Å². The molecule has 2 N–H and O–H groups in total. The van der Waals surface area contributed by atoms with Gasteiger partial charge < -0.3 is 20.1 Å². The zero-order valence-corrected chi connectivity index (χ0v) is 13.1. The van der Waals surface area contributed by atoms with Crippen molar-refractivity contribution in [2.45, 2.75) is 49.9 Å². The normalized spacial score (nSPS) is 32.0. The second-order valence-corrected chi connectivity index (χ2v) is 6.18. The summed E-state index contributed by atoms with van der Waals surface area (Å²) in [6.45, 7) is 0.278. The molecule has 0 radical (unpaired) electrons. The summed E-state index contributed by atoms with van der Waals surface area (Å²) >= 11 is 0. The Morgan fingerprint density at radius 2 is 1.82 bits per heavy atom. The summed E-state index contributed by atoms with van der Waals surface area (Å²) in [4.78, 5) is 12.4. The van der Waals surface area contributed by atoms with Crippen molar-refractivity contribution in [1.82, 2.24) is 10.6 Å². The molecule has 1 amide bonds. The Kier molecular flexibility index (Phi) is 4.45. The third-order valence-corrected chi connectivity index (χ3v) is 4.62. The molecule has 0 aliphatic carbocycles. The monoisotopic (exact) mass is 324 g/mol. The van der Waals surface area contributed by atoms with Gasteiger partial charge in [0.25, 0.3) is 5.91 Å². The molecular weight excluding hydrogens is 304 g/mol. The Hall–Kier alpha value is -1.46. The molecule has 2 bridgehead atoms. The molecule has 2 fully saturated rings. The lowest BCUT2D eigenvalue weighted by atomic mass is 9.99. The number of amides is 1. The van der Waals surface area contributed by atoms with Gasteiger partial charge in [-0.25, -0.2) is 0 Å². The highest BCUT2D eigenvalue weighted by Crippen LogP contribution is 2.31. The summed E-state index contributed by atoms with van der Waals surface area (Å²) in [6, 6.07) is 8.86. The Balaban J connectivity index is 0.00000144. The van der Waals surface area contributed by atoms with Crippen LogP contribution in [0.25, 0.3) is 0 Å². The number of hydrogen-bond acceptors (Lipinski definition) is 4. The van der Waals surface area contributed by atoms with E-state index in [9.17, 15) is 4.79 Å². The molecule has 2 saturated heterocycles.